The van der Waals surface area contributed by atoms with Crippen LogP contribution in [0.2, 0.25) is 0 Å². The number of sulfonamides is 1. The number of aromatic nitrogens is 2. The zero-order valence-corrected chi connectivity index (χ0v) is 16.7. The number of hydrogen-bond donors (Lipinski definition) is 1. The average Bonchev–Trinajstić information content (AvgIpc) is 3.07. The van der Waals surface area contributed by atoms with Crippen LogP contribution in [0.4, 0.5) is 17.6 Å². The predicted octanol–water partition coefficient (Wildman–Crippen LogP) is 4.05. The number of benzene rings is 2. The minimum Gasteiger partial charge on any atom is -0.494 e. The quantitative estimate of drug-likeness (QED) is 0.603. The fraction of sp³-hybridized carbons (Fsp3) is 0.211. The summed E-state index contributed by atoms with van der Waals surface area (Å²) >= 11 is 0. The average molecular weight is 443 g/mol. The number of methoxy groups -OCH3 is 1. The molecule has 0 aliphatic heterocycles. The van der Waals surface area contributed by atoms with Crippen LogP contribution < -0.4 is 9.88 Å². The fourth-order valence-electron chi connectivity index (χ4n) is 3.17. The first-order chi connectivity index (χ1) is 14.0. The highest BCUT2D eigenvalue weighted by Crippen LogP contribution is 2.44. The van der Waals surface area contributed by atoms with Crippen LogP contribution in [0, 0.1) is 5.82 Å². The zero-order chi connectivity index (χ0) is 22.3. The van der Waals surface area contributed by atoms with Gasteiger partial charge in [-0.2, -0.15) is 18.3 Å². The van der Waals surface area contributed by atoms with Crippen molar-refractivity contribution in [1.29, 1.82) is 0 Å². The van der Waals surface area contributed by atoms with Crippen molar-refractivity contribution in [2.75, 3.05) is 7.11 Å². The summed E-state index contributed by atoms with van der Waals surface area (Å²) in [5.41, 5.74) is -2.13. The SMILES string of the molecule is CCn1nc(-c2ccccc2S(N)(=O)=O)c(-c2ccc(OC)c(F)c2)c1C(F)(F)F. The minimum absolute atomic E-state index is 0.121. The molecule has 0 saturated carbocycles. The normalized spacial score (nSPS) is 12.2. The van der Waals surface area contributed by atoms with Crippen LogP contribution in [0.1, 0.15) is 12.6 Å². The van der Waals surface area contributed by atoms with Gasteiger partial charge in [-0.05, 0) is 30.7 Å². The van der Waals surface area contributed by atoms with E-state index in [9.17, 15) is 26.0 Å². The first-order valence-electron chi connectivity index (χ1n) is 8.63. The van der Waals surface area contributed by atoms with Gasteiger partial charge in [-0.1, -0.05) is 24.3 Å². The third-order valence-electron chi connectivity index (χ3n) is 4.41. The van der Waals surface area contributed by atoms with Crippen molar-refractivity contribution in [3.8, 4) is 28.1 Å². The first-order valence-corrected chi connectivity index (χ1v) is 10.2. The molecular weight excluding hydrogens is 426 g/mol. The van der Waals surface area contributed by atoms with E-state index in [1.54, 1.807) is 0 Å². The van der Waals surface area contributed by atoms with E-state index in [1.165, 1.54) is 50.4 Å². The molecule has 160 valence electrons. The molecule has 1 heterocycles. The Morgan fingerprint density at radius 1 is 1.17 bits per heavy atom. The molecule has 0 fully saturated rings. The molecule has 0 amide bonds. The number of rotatable bonds is 5. The molecule has 3 aromatic rings. The van der Waals surface area contributed by atoms with Crippen molar-refractivity contribution in [2.45, 2.75) is 24.5 Å². The Balaban J connectivity index is 2.45. The zero-order valence-electron chi connectivity index (χ0n) is 15.9. The second-order valence-electron chi connectivity index (χ2n) is 6.28. The Kier molecular flexibility index (Phi) is 5.61. The highest BCUT2D eigenvalue weighted by Gasteiger charge is 2.41. The molecule has 0 unspecified atom stereocenters. The van der Waals surface area contributed by atoms with Gasteiger partial charge in [0, 0.05) is 17.7 Å². The smallest absolute Gasteiger partial charge is 0.433 e. The van der Waals surface area contributed by atoms with Crippen molar-refractivity contribution < 1.29 is 30.7 Å². The summed E-state index contributed by atoms with van der Waals surface area (Å²) in [5.74, 6) is -1.03. The summed E-state index contributed by atoms with van der Waals surface area (Å²) in [5, 5.41) is 9.26. The minimum atomic E-state index is -4.84. The van der Waals surface area contributed by atoms with Crippen LogP contribution in [0.25, 0.3) is 22.4 Å². The number of ether oxygens (including phenoxy) is 1. The van der Waals surface area contributed by atoms with E-state index in [2.05, 4.69) is 5.10 Å². The maximum absolute atomic E-state index is 14.3. The topological polar surface area (TPSA) is 87.2 Å². The molecule has 0 radical (unpaired) electrons. The van der Waals surface area contributed by atoms with Crippen molar-refractivity contribution in [1.82, 2.24) is 9.78 Å². The molecule has 1 aromatic heterocycles. The molecule has 0 aliphatic carbocycles. The van der Waals surface area contributed by atoms with E-state index < -0.39 is 38.2 Å². The molecule has 0 aliphatic rings. The summed E-state index contributed by atoms with van der Waals surface area (Å²) in [6, 6.07) is 8.61. The van der Waals surface area contributed by atoms with Crippen LogP contribution in [0.3, 0.4) is 0 Å². The molecule has 2 aromatic carbocycles. The standard InChI is InChI=1S/C19H17F4N3O3S/c1-3-26-18(19(21,22)23)16(11-8-9-14(29-2)13(20)10-11)17(25-26)12-6-4-5-7-15(12)30(24,27)28/h4-10H,3H2,1-2H3,(H2,24,27,28). The van der Waals surface area contributed by atoms with E-state index in [1.807, 2.05) is 0 Å². The Hall–Kier alpha value is -2.92. The van der Waals surface area contributed by atoms with Gasteiger partial charge in [-0.15, -0.1) is 0 Å². The number of alkyl halides is 3. The predicted molar refractivity (Wildman–Crippen MR) is 102 cm³/mol. The Morgan fingerprint density at radius 2 is 1.83 bits per heavy atom. The molecule has 6 nitrogen and oxygen atoms in total. The number of primary sulfonamides is 1. The van der Waals surface area contributed by atoms with E-state index >= 15 is 0 Å². The maximum Gasteiger partial charge on any atom is 0.433 e. The lowest BCUT2D eigenvalue weighted by atomic mass is 9.98. The van der Waals surface area contributed by atoms with Crippen LogP contribution >= 0.6 is 0 Å². The highest BCUT2D eigenvalue weighted by molar-refractivity contribution is 7.89. The number of hydrogen-bond acceptors (Lipinski definition) is 4. The van der Waals surface area contributed by atoms with Gasteiger partial charge in [0.05, 0.1) is 12.0 Å². The van der Waals surface area contributed by atoms with Crippen LogP contribution in [-0.2, 0) is 22.7 Å². The van der Waals surface area contributed by atoms with E-state index in [0.717, 1.165) is 6.07 Å². The summed E-state index contributed by atoms with van der Waals surface area (Å²) in [6.45, 7) is 1.30. The Morgan fingerprint density at radius 3 is 2.37 bits per heavy atom. The van der Waals surface area contributed by atoms with Crippen molar-refractivity contribution in [3.05, 3.63) is 54.0 Å². The number of nitrogens with zero attached hydrogens (tertiary/aromatic N) is 2. The van der Waals surface area contributed by atoms with Gasteiger partial charge in [0.1, 0.15) is 5.69 Å². The number of halogens is 4. The summed E-state index contributed by atoms with van der Waals surface area (Å²) < 4.78 is 85.8. The van der Waals surface area contributed by atoms with Crippen LogP contribution in [0.5, 0.6) is 5.75 Å². The molecule has 0 atom stereocenters. The van der Waals surface area contributed by atoms with Gasteiger partial charge in [0.15, 0.2) is 17.3 Å². The van der Waals surface area contributed by atoms with E-state index in [-0.39, 0.29) is 29.1 Å². The molecule has 2 N–H and O–H groups in total. The van der Waals surface area contributed by atoms with Crippen LogP contribution in [-0.4, -0.2) is 25.3 Å². The molecular formula is C19H17F4N3O3S. The summed E-state index contributed by atoms with van der Waals surface area (Å²) in [4.78, 5) is -0.394. The lowest BCUT2D eigenvalue weighted by Crippen LogP contribution is -2.15. The third kappa shape index (κ3) is 3.90. The van der Waals surface area contributed by atoms with Gasteiger partial charge in [0.25, 0.3) is 0 Å². The molecule has 0 saturated heterocycles. The van der Waals surface area contributed by atoms with Crippen molar-refractivity contribution >= 4 is 10.0 Å². The van der Waals surface area contributed by atoms with Gasteiger partial charge < -0.3 is 4.74 Å². The largest absolute Gasteiger partial charge is 0.494 e. The lowest BCUT2D eigenvalue weighted by Gasteiger charge is -2.13. The Bertz CT molecular complexity index is 1200. The lowest BCUT2D eigenvalue weighted by molar-refractivity contribution is -0.143. The monoisotopic (exact) mass is 443 g/mol. The molecule has 30 heavy (non-hydrogen) atoms. The van der Waals surface area contributed by atoms with Gasteiger partial charge >= 0.3 is 6.18 Å². The second kappa shape index (κ2) is 7.73. The third-order valence-corrected chi connectivity index (χ3v) is 5.38. The molecule has 0 spiro atoms. The van der Waals surface area contributed by atoms with Gasteiger partial charge in [-0.3, -0.25) is 4.68 Å². The first kappa shape index (κ1) is 21.8. The fourth-order valence-corrected chi connectivity index (χ4v) is 3.91. The highest BCUT2D eigenvalue weighted by atomic mass is 32.2. The van der Waals surface area contributed by atoms with Crippen LogP contribution in [0.15, 0.2) is 47.4 Å². The molecule has 3 rings (SSSR count). The number of nitrogens with two attached hydrogens (primary N) is 1. The van der Waals surface area contributed by atoms with E-state index in [4.69, 9.17) is 9.88 Å². The van der Waals surface area contributed by atoms with Gasteiger partial charge in [0.2, 0.25) is 10.0 Å². The van der Waals surface area contributed by atoms with E-state index in [0.29, 0.717) is 4.68 Å². The van der Waals surface area contributed by atoms with Crippen molar-refractivity contribution in [3.63, 3.8) is 0 Å². The van der Waals surface area contributed by atoms with Crippen molar-refractivity contribution in [2.24, 2.45) is 5.14 Å². The second-order valence-corrected chi connectivity index (χ2v) is 7.81. The Labute approximate surface area is 169 Å². The number of aryl methyl sites for hydroxylation is 1. The maximum atomic E-state index is 14.3. The molecule has 11 heteroatoms. The molecule has 0 bridgehead atoms. The summed E-state index contributed by atoms with van der Waals surface area (Å²) in [6.07, 6.45) is -4.84. The van der Waals surface area contributed by atoms with Gasteiger partial charge in [-0.25, -0.2) is 17.9 Å². The summed E-state index contributed by atoms with van der Waals surface area (Å²) in [7, 11) is -3.05.